The number of allylic oxidation sites excluding steroid dienone is 4. The van der Waals surface area contributed by atoms with Gasteiger partial charge in [-0.05, 0) is 83.7 Å². The van der Waals surface area contributed by atoms with Crippen molar-refractivity contribution in [2.75, 3.05) is 0 Å². The van der Waals surface area contributed by atoms with E-state index < -0.39 is 0 Å². The molecule has 2 N–H and O–H groups in total. The molecule has 2 heteroatoms. The Kier molecular flexibility index (Phi) is 4.83. The van der Waals surface area contributed by atoms with Crippen LogP contribution >= 0.6 is 0 Å². The number of hydrogen-bond acceptors (Lipinski definition) is 2. The minimum atomic E-state index is 0.306. The van der Waals surface area contributed by atoms with Crippen LogP contribution in [0.1, 0.15) is 67.6 Å². The topological polar surface area (TPSA) is 40.5 Å². The van der Waals surface area contributed by atoms with Crippen molar-refractivity contribution in [3.05, 3.63) is 71.3 Å². The highest BCUT2D eigenvalue weighted by atomic mass is 16.3. The van der Waals surface area contributed by atoms with Crippen LogP contribution in [0.2, 0.25) is 0 Å². The van der Waals surface area contributed by atoms with Crippen LogP contribution < -0.4 is 0 Å². The fourth-order valence-electron chi connectivity index (χ4n) is 4.29. The Morgan fingerprint density at radius 3 is 1.96 bits per heavy atom. The SMILES string of the molecule is Oc1ccc(C2=CC=C(c3ccc(O)c(C4CCCCC4)c3)CC2)cc1. The Morgan fingerprint density at radius 2 is 1.31 bits per heavy atom. The lowest BCUT2D eigenvalue weighted by atomic mass is 9.82. The van der Waals surface area contributed by atoms with Gasteiger partial charge in [0.25, 0.3) is 0 Å². The molecule has 0 atom stereocenters. The summed E-state index contributed by atoms with van der Waals surface area (Å²) in [5.41, 5.74) is 6.19. The standard InChI is InChI=1S/C24H26O2/c25-22-13-10-18(11-14-22)17-6-8-19(9-7-17)21-12-15-24(26)23(16-21)20-4-2-1-3-5-20/h6,8,10-16,20,25-26H,1-5,7,9H2. The molecule has 2 aliphatic carbocycles. The third kappa shape index (κ3) is 3.55. The van der Waals surface area contributed by atoms with Crippen molar-refractivity contribution in [1.82, 2.24) is 0 Å². The number of phenols is 2. The minimum absolute atomic E-state index is 0.306. The summed E-state index contributed by atoms with van der Waals surface area (Å²) >= 11 is 0. The first-order chi connectivity index (χ1) is 12.7. The lowest BCUT2D eigenvalue weighted by Crippen LogP contribution is -2.05. The summed E-state index contributed by atoms with van der Waals surface area (Å²) < 4.78 is 0. The average molecular weight is 346 g/mol. The van der Waals surface area contributed by atoms with Crippen molar-refractivity contribution in [2.24, 2.45) is 0 Å². The summed E-state index contributed by atoms with van der Waals surface area (Å²) in [5.74, 6) is 1.27. The molecule has 0 radical (unpaired) electrons. The molecular weight excluding hydrogens is 320 g/mol. The number of hydrogen-bond donors (Lipinski definition) is 2. The third-order valence-corrected chi connectivity index (χ3v) is 5.83. The van der Waals surface area contributed by atoms with Crippen LogP contribution in [0.4, 0.5) is 0 Å². The molecule has 0 aliphatic heterocycles. The molecule has 4 rings (SSSR count). The summed E-state index contributed by atoms with van der Waals surface area (Å²) in [7, 11) is 0. The van der Waals surface area contributed by atoms with Crippen LogP contribution in [0.15, 0.2) is 54.6 Å². The Bertz CT molecular complexity index is 837. The van der Waals surface area contributed by atoms with Gasteiger partial charge >= 0.3 is 0 Å². The average Bonchev–Trinajstić information content (AvgIpc) is 2.70. The normalized spacial score (nSPS) is 18.3. The highest BCUT2D eigenvalue weighted by Crippen LogP contribution is 2.40. The molecule has 1 saturated carbocycles. The maximum Gasteiger partial charge on any atom is 0.119 e. The van der Waals surface area contributed by atoms with E-state index in [1.54, 1.807) is 12.1 Å². The predicted octanol–water partition coefficient (Wildman–Crippen LogP) is 6.41. The molecule has 2 aliphatic rings. The van der Waals surface area contributed by atoms with E-state index in [2.05, 4.69) is 18.2 Å². The number of phenolic OH excluding ortho intramolecular Hbond substituents is 2. The summed E-state index contributed by atoms with van der Waals surface area (Å²) in [6.45, 7) is 0. The molecule has 1 fully saturated rings. The van der Waals surface area contributed by atoms with E-state index in [9.17, 15) is 10.2 Å². The van der Waals surface area contributed by atoms with Gasteiger partial charge in [-0.15, -0.1) is 0 Å². The predicted molar refractivity (Wildman–Crippen MR) is 107 cm³/mol. The first-order valence-electron chi connectivity index (χ1n) is 9.73. The molecule has 2 aromatic rings. The van der Waals surface area contributed by atoms with Gasteiger partial charge in [0.2, 0.25) is 0 Å². The molecule has 0 saturated heterocycles. The summed E-state index contributed by atoms with van der Waals surface area (Å²) in [5, 5.41) is 19.8. The Balaban J connectivity index is 1.59. The molecular formula is C24H26O2. The molecule has 26 heavy (non-hydrogen) atoms. The molecule has 0 spiro atoms. The number of aromatic hydroxyl groups is 2. The Morgan fingerprint density at radius 1 is 0.692 bits per heavy atom. The highest BCUT2D eigenvalue weighted by molar-refractivity contribution is 5.78. The fraction of sp³-hybridized carbons (Fsp3) is 0.333. The molecule has 2 aromatic carbocycles. The summed E-state index contributed by atoms with van der Waals surface area (Å²) in [6, 6.07) is 13.6. The summed E-state index contributed by atoms with van der Waals surface area (Å²) in [6.07, 6.45) is 12.7. The van der Waals surface area contributed by atoms with E-state index in [-0.39, 0.29) is 0 Å². The second-order valence-electron chi connectivity index (χ2n) is 7.54. The van der Waals surface area contributed by atoms with Gasteiger partial charge in [-0.3, -0.25) is 0 Å². The maximum absolute atomic E-state index is 10.3. The van der Waals surface area contributed by atoms with Gasteiger partial charge in [0.15, 0.2) is 0 Å². The van der Waals surface area contributed by atoms with Crippen LogP contribution in [-0.4, -0.2) is 10.2 Å². The second-order valence-corrected chi connectivity index (χ2v) is 7.54. The van der Waals surface area contributed by atoms with Crippen LogP contribution in [0.25, 0.3) is 11.1 Å². The molecule has 0 heterocycles. The largest absolute Gasteiger partial charge is 0.508 e. The quantitative estimate of drug-likeness (QED) is 0.674. The zero-order chi connectivity index (χ0) is 17.9. The highest BCUT2D eigenvalue weighted by Gasteiger charge is 2.20. The monoisotopic (exact) mass is 346 g/mol. The maximum atomic E-state index is 10.3. The van der Waals surface area contributed by atoms with Crippen LogP contribution in [0.3, 0.4) is 0 Å². The minimum Gasteiger partial charge on any atom is -0.508 e. The summed E-state index contributed by atoms with van der Waals surface area (Å²) in [4.78, 5) is 0. The van der Waals surface area contributed by atoms with Crippen molar-refractivity contribution in [3.63, 3.8) is 0 Å². The molecule has 0 unspecified atom stereocenters. The molecule has 134 valence electrons. The van der Waals surface area contributed by atoms with E-state index in [1.807, 2.05) is 24.3 Å². The lowest BCUT2D eigenvalue weighted by Gasteiger charge is -2.24. The number of rotatable bonds is 3. The van der Waals surface area contributed by atoms with Crippen molar-refractivity contribution >= 4 is 11.1 Å². The van der Waals surface area contributed by atoms with Crippen LogP contribution in [0, 0.1) is 0 Å². The van der Waals surface area contributed by atoms with Gasteiger partial charge in [0.1, 0.15) is 11.5 Å². The van der Waals surface area contributed by atoms with Gasteiger partial charge in [-0.1, -0.05) is 49.6 Å². The Labute approximate surface area is 155 Å². The van der Waals surface area contributed by atoms with E-state index in [1.165, 1.54) is 54.4 Å². The van der Waals surface area contributed by atoms with E-state index in [4.69, 9.17) is 0 Å². The van der Waals surface area contributed by atoms with Crippen molar-refractivity contribution in [1.29, 1.82) is 0 Å². The van der Waals surface area contributed by atoms with Crippen molar-refractivity contribution < 1.29 is 10.2 Å². The van der Waals surface area contributed by atoms with Crippen LogP contribution in [-0.2, 0) is 0 Å². The van der Waals surface area contributed by atoms with Crippen LogP contribution in [0.5, 0.6) is 11.5 Å². The first-order valence-corrected chi connectivity index (χ1v) is 9.73. The molecule has 0 bridgehead atoms. The smallest absolute Gasteiger partial charge is 0.119 e. The fourth-order valence-corrected chi connectivity index (χ4v) is 4.29. The van der Waals surface area contributed by atoms with E-state index in [0.29, 0.717) is 17.4 Å². The van der Waals surface area contributed by atoms with E-state index >= 15 is 0 Å². The third-order valence-electron chi connectivity index (χ3n) is 5.83. The second kappa shape index (κ2) is 7.41. The van der Waals surface area contributed by atoms with E-state index in [0.717, 1.165) is 18.4 Å². The number of benzene rings is 2. The van der Waals surface area contributed by atoms with Crippen molar-refractivity contribution in [3.8, 4) is 11.5 Å². The molecule has 2 nitrogen and oxygen atoms in total. The Hall–Kier alpha value is -2.48. The first kappa shape index (κ1) is 17.0. The molecule has 0 aromatic heterocycles. The van der Waals surface area contributed by atoms with Gasteiger partial charge in [0.05, 0.1) is 0 Å². The van der Waals surface area contributed by atoms with Gasteiger partial charge in [-0.25, -0.2) is 0 Å². The van der Waals surface area contributed by atoms with Gasteiger partial charge < -0.3 is 10.2 Å². The van der Waals surface area contributed by atoms with Gasteiger partial charge in [0, 0.05) is 0 Å². The zero-order valence-electron chi connectivity index (χ0n) is 15.1. The zero-order valence-corrected chi connectivity index (χ0v) is 15.1. The lowest BCUT2D eigenvalue weighted by molar-refractivity contribution is 0.414. The van der Waals surface area contributed by atoms with Gasteiger partial charge in [-0.2, -0.15) is 0 Å². The van der Waals surface area contributed by atoms with Crippen molar-refractivity contribution in [2.45, 2.75) is 50.9 Å². The molecule has 0 amide bonds.